The van der Waals surface area contributed by atoms with Gasteiger partial charge in [-0.2, -0.15) is 5.10 Å². The molecule has 0 radical (unpaired) electrons. The summed E-state index contributed by atoms with van der Waals surface area (Å²) in [6.07, 6.45) is 5.20. The van der Waals surface area contributed by atoms with Crippen LogP contribution in [-0.2, 0) is 6.42 Å². The Morgan fingerprint density at radius 2 is 2.09 bits per heavy atom. The Kier molecular flexibility index (Phi) is 5.48. The van der Waals surface area contributed by atoms with E-state index >= 15 is 0 Å². The van der Waals surface area contributed by atoms with Gasteiger partial charge in [0.2, 0.25) is 0 Å². The Balaban J connectivity index is 1.45. The van der Waals surface area contributed by atoms with Gasteiger partial charge in [-0.3, -0.25) is 10.4 Å². The maximum Gasteiger partial charge on any atom is 0.183 e. The minimum Gasteiger partial charge on any atom is -0.374 e. The Hall–Kier alpha value is -2.75. The van der Waals surface area contributed by atoms with E-state index in [9.17, 15) is 5.11 Å². The van der Waals surface area contributed by atoms with Gasteiger partial charge < -0.3 is 20.6 Å². The van der Waals surface area contributed by atoms with Crippen molar-refractivity contribution in [3.63, 3.8) is 0 Å². The van der Waals surface area contributed by atoms with Gasteiger partial charge in [0.1, 0.15) is 12.0 Å². The molecule has 0 bridgehead atoms. The number of aliphatic hydroxyl groups excluding tert-OH is 1. The fraction of sp³-hybridized carbons (Fsp3) is 0.522. The normalized spacial score (nSPS) is 19.2. The first-order chi connectivity index (χ1) is 15.5. The molecule has 170 valence electrons. The topological polar surface area (TPSA) is 119 Å². The van der Waals surface area contributed by atoms with Crippen LogP contribution in [0.15, 0.2) is 24.4 Å². The third-order valence-electron chi connectivity index (χ3n) is 7.14. The highest BCUT2D eigenvalue weighted by Crippen LogP contribution is 2.38. The van der Waals surface area contributed by atoms with Crippen LogP contribution in [0.3, 0.4) is 0 Å². The summed E-state index contributed by atoms with van der Waals surface area (Å²) in [5.74, 6) is 1.66. The van der Waals surface area contributed by atoms with E-state index < -0.39 is 6.23 Å². The van der Waals surface area contributed by atoms with E-state index in [1.165, 1.54) is 0 Å². The van der Waals surface area contributed by atoms with Crippen LogP contribution in [0.1, 0.15) is 43.5 Å². The Bertz CT molecular complexity index is 1100. The molecule has 1 fully saturated rings. The lowest BCUT2D eigenvalue weighted by Crippen LogP contribution is -2.42. The van der Waals surface area contributed by atoms with Gasteiger partial charge in [-0.25, -0.2) is 9.97 Å². The lowest BCUT2D eigenvalue weighted by Gasteiger charge is -2.39. The number of aromatic amines is 1. The Morgan fingerprint density at radius 3 is 2.84 bits per heavy atom. The van der Waals surface area contributed by atoms with Gasteiger partial charge in [0.25, 0.3) is 0 Å². The van der Waals surface area contributed by atoms with Crippen LogP contribution >= 0.6 is 0 Å². The zero-order valence-electron chi connectivity index (χ0n) is 18.8. The largest absolute Gasteiger partial charge is 0.374 e. The lowest BCUT2D eigenvalue weighted by atomic mass is 9.80. The zero-order chi connectivity index (χ0) is 22.3. The number of hydrogen-bond donors (Lipinski definition) is 4. The first-order valence-corrected chi connectivity index (χ1v) is 11.4. The van der Waals surface area contributed by atoms with Crippen LogP contribution in [-0.4, -0.2) is 58.5 Å². The second kappa shape index (κ2) is 8.31. The number of fused-ring (bicyclic) bond motifs is 2. The molecule has 9 nitrogen and oxygen atoms in total. The third kappa shape index (κ3) is 3.60. The number of nitrogens with one attached hydrogen (secondary N) is 2. The monoisotopic (exact) mass is 436 g/mol. The minimum atomic E-state index is -0.686. The van der Waals surface area contributed by atoms with E-state index in [0.29, 0.717) is 5.65 Å². The highest BCUT2D eigenvalue weighted by Gasteiger charge is 2.30. The highest BCUT2D eigenvalue weighted by atomic mass is 16.3. The fourth-order valence-electron chi connectivity index (χ4n) is 4.88. The Morgan fingerprint density at radius 1 is 1.28 bits per heavy atom. The molecule has 3 aromatic rings. The third-order valence-corrected chi connectivity index (χ3v) is 7.14. The molecule has 1 atom stereocenters. The van der Waals surface area contributed by atoms with Crippen LogP contribution in [0.2, 0.25) is 0 Å². The van der Waals surface area contributed by atoms with Crippen molar-refractivity contribution < 1.29 is 5.11 Å². The van der Waals surface area contributed by atoms with Crippen LogP contribution in [0, 0.1) is 5.41 Å². The molecular formula is C23H32N8O. The van der Waals surface area contributed by atoms with Crippen molar-refractivity contribution in [3.8, 4) is 0 Å². The summed E-state index contributed by atoms with van der Waals surface area (Å²) in [7, 11) is 1.76. The number of anilines is 3. The van der Waals surface area contributed by atoms with Gasteiger partial charge in [0.15, 0.2) is 17.0 Å². The summed E-state index contributed by atoms with van der Waals surface area (Å²) >= 11 is 0. The van der Waals surface area contributed by atoms with Gasteiger partial charge in [-0.1, -0.05) is 19.1 Å². The number of nitrogens with two attached hydrogens (primary N) is 1. The maximum absolute atomic E-state index is 10.4. The minimum absolute atomic E-state index is 0.219. The number of piperidine rings is 1. The summed E-state index contributed by atoms with van der Waals surface area (Å²) in [5.41, 5.74) is 10.8. The van der Waals surface area contributed by atoms with E-state index in [-0.39, 0.29) is 5.41 Å². The van der Waals surface area contributed by atoms with Crippen LogP contribution < -0.4 is 20.9 Å². The summed E-state index contributed by atoms with van der Waals surface area (Å²) in [6.45, 7) is 5.70. The van der Waals surface area contributed by atoms with Gasteiger partial charge in [-0.15, -0.1) is 0 Å². The molecular weight excluding hydrogens is 404 g/mol. The molecule has 2 aliphatic rings. The summed E-state index contributed by atoms with van der Waals surface area (Å²) < 4.78 is 0. The second-order valence-electron chi connectivity index (χ2n) is 9.27. The predicted molar refractivity (Wildman–Crippen MR) is 126 cm³/mol. The van der Waals surface area contributed by atoms with Gasteiger partial charge in [0.05, 0.1) is 6.20 Å². The fourth-order valence-corrected chi connectivity index (χ4v) is 4.88. The van der Waals surface area contributed by atoms with Gasteiger partial charge in [0, 0.05) is 30.9 Å². The average Bonchev–Trinajstić information content (AvgIpc) is 3.26. The quantitative estimate of drug-likeness (QED) is 0.450. The predicted octanol–water partition coefficient (Wildman–Crippen LogP) is 2.21. The molecule has 4 heterocycles. The van der Waals surface area contributed by atoms with Crippen molar-refractivity contribution >= 4 is 28.5 Å². The molecule has 2 aromatic heterocycles. The number of H-pyrrole nitrogens is 1. The molecule has 0 amide bonds. The smallest absolute Gasteiger partial charge is 0.183 e. The van der Waals surface area contributed by atoms with Crippen molar-refractivity contribution in [1.82, 2.24) is 25.5 Å². The van der Waals surface area contributed by atoms with Gasteiger partial charge in [-0.05, 0) is 56.3 Å². The molecule has 32 heavy (non-hydrogen) atoms. The molecule has 5 rings (SSSR count). The van der Waals surface area contributed by atoms with E-state index in [2.05, 4.69) is 38.3 Å². The molecule has 5 N–H and O–H groups in total. The van der Waals surface area contributed by atoms with E-state index in [1.54, 1.807) is 7.05 Å². The first kappa shape index (κ1) is 21.1. The maximum atomic E-state index is 10.4. The summed E-state index contributed by atoms with van der Waals surface area (Å²) in [4.78, 5) is 14.1. The number of aromatic nitrogens is 4. The number of benzene rings is 1. The van der Waals surface area contributed by atoms with Crippen LogP contribution in [0.4, 0.5) is 17.3 Å². The number of rotatable bonds is 5. The van der Waals surface area contributed by atoms with Crippen molar-refractivity contribution in [3.05, 3.63) is 35.5 Å². The highest BCUT2D eigenvalue weighted by molar-refractivity contribution is 5.88. The molecule has 2 aliphatic heterocycles. The molecule has 0 aliphatic carbocycles. The molecule has 1 unspecified atom stereocenters. The molecule has 1 aromatic carbocycles. The number of aliphatic hydroxyl groups is 1. The molecule has 1 saturated heterocycles. The zero-order valence-corrected chi connectivity index (χ0v) is 18.8. The van der Waals surface area contributed by atoms with Crippen molar-refractivity contribution in [2.24, 2.45) is 11.1 Å². The SMILES string of the molecule is CNC(O)c1cccc2c1CCCN2c1n[nH]c2nc(N3CCC(C)(CN)CC3)cnc12. The summed E-state index contributed by atoms with van der Waals surface area (Å²) in [5, 5.41) is 21.0. The standard InChI is InChI=1S/C23H32N8O/c1-23(14-24)8-11-30(12-9-23)18-13-26-19-20(27-18)28-29-21(19)31-10-4-6-15-16(22(32)25-2)5-3-7-17(15)31/h3,5,7,13,22,25,32H,4,6,8-12,14,24H2,1-2H3,(H,27,28,29). The average molecular weight is 437 g/mol. The lowest BCUT2D eigenvalue weighted by molar-refractivity contribution is 0.148. The van der Waals surface area contributed by atoms with Crippen LogP contribution in [0.5, 0.6) is 0 Å². The first-order valence-electron chi connectivity index (χ1n) is 11.4. The second-order valence-corrected chi connectivity index (χ2v) is 9.27. The molecule has 9 heteroatoms. The van der Waals surface area contributed by atoms with Crippen molar-refractivity contribution in [2.75, 3.05) is 43.0 Å². The van der Waals surface area contributed by atoms with Crippen LogP contribution in [0.25, 0.3) is 11.2 Å². The number of nitrogens with zero attached hydrogens (tertiary/aromatic N) is 5. The van der Waals surface area contributed by atoms with E-state index in [1.807, 2.05) is 18.3 Å². The number of hydrogen-bond acceptors (Lipinski definition) is 8. The summed E-state index contributed by atoms with van der Waals surface area (Å²) in [6, 6.07) is 6.05. The van der Waals surface area contributed by atoms with Crippen molar-refractivity contribution in [1.29, 1.82) is 0 Å². The van der Waals surface area contributed by atoms with Gasteiger partial charge >= 0.3 is 0 Å². The van der Waals surface area contributed by atoms with E-state index in [0.717, 1.165) is 85.8 Å². The van der Waals surface area contributed by atoms with Crippen molar-refractivity contribution in [2.45, 2.75) is 38.8 Å². The van der Waals surface area contributed by atoms with E-state index in [4.69, 9.17) is 15.7 Å². The molecule has 0 saturated carbocycles. The Labute approximate surface area is 188 Å². The molecule has 0 spiro atoms.